The van der Waals surface area contributed by atoms with E-state index in [1.807, 2.05) is 24.1 Å². The van der Waals surface area contributed by atoms with Gasteiger partial charge in [0.05, 0.1) is 11.3 Å². The Labute approximate surface area is 183 Å². The first-order chi connectivity index (χ1) is 14.5. The summed E-state index contributed by atoms with van der Waals surface area (Å²) in [5.74, 6) is -0.442. The molecule has 0 radical (unpaired) electrons. The van der Waals surface area contributed by atoms with E-state index in [9.17, 15) is 14.4 Å². The van der Waals surface area contributed by atoms with Crippen molar-refractivity contribution in [3.05, 3.63) is 29.8 Å². The highest BCUT2D eigenvalue weighted by Gasteiger charge is 2.23. The fourth-order valence-electron chi connectivity index (χ4n) is 4.22. The van der Waals surface area contributed by atoms with Gasteiger partial charge in [0.2, 0.25) is 5.91 Å². The number of hydrogen-bond donors (Lipinski definition) is 1. The predicted molar refractivity (Wildman–Crippen MR) is 117 cm³/mol. The third kappa shape index (κ3) is 6.49. The summed E-state index contributed by atoms with van der Waals surface area (Å²) in [6, 6.07) is 7.61. The number of ether oxygens (including phenoxy) is 1. The maximum Gasteiger partial charge on any atom is 0.339 e. The van der Waals surface area contributed by atoms with E-state index >= 15 is 0 Å². The molecule has 0 saturated heterocycles. The van der Waals surface area contributed by atoms with Gasteiger partial charge in [-0.2, -0.15) is 0 Å². The molecule has 164 valence electrons. The summed E-state index contributed by atoms with van der Waals surface area (Å²) in [5.41, 5.74) is 0.393. The topological polar surface area (TPSA) is 75.7 Å². The Bertz CT molecular complexity index is 742. The third-order valence-electron chi connectivity index (χ3n) is 6.03. The van der Waals surface area contributed by atoms with Crippen molar-refractivity contribution in [1.82, 2.24) is 10.2 Å². The molecule has 2 aliphatic rings. The van der Waals surface area contributed by atoms with E-state index < -0.39 is 5.97 Å². The van der Waals surface area contributed by atoms with Crippen molar-refractivity contribution < 1.29 is 19.1 Å². The number of thioether (sulfide) groups is 1. The molecule has 2 saturated carbocycles. The minimum Gasteiger partial charge on any atom is -0.452 e. The summed E-state index contributed by atoms with van der Waals surface area (Å²) in [4.78, 5) is 39.7. The van der Waals surface area contributed by atoms with Gasteiger partial charge in [0.15, 0.2) is 6.61 Å². The molecule has 3 rings (SSSR count). The van der Waals surface area contributed by atoms with Crippen LogP contribution in [0.5, 0.6) is 0 Å². The molecule has 0 atom stereocenters. The number of carbonyl (C=O) groups excluding carboxylic acids is 3. The molecule has 30 heavy (non-hydrogen) atoms. The molecule has 2 amide bonds. The fourth-order valence-corrected chi connectivity index (χ4v) is 5.19. The lowest BCUT2D eigenvalue weighted by Gasteiger charge is -2.31. The molecule has 7 heteroatoms. The number of amides is 2. The second-order valence-corrected chi connectivity index (χ2v) is 9.22. The van der Waals surface area contributed by atoms with Crippen molar-refractivity contribution >= 4 is 29.5 Å². The molecule has 6 nitrogen and oxygen atoms in total. The quantitative estimate of drug-likeness (QED) is 0.500. The van der Waals surface area contributed by atoms with Crippen LogP contribution in [0.2, 0.25) is 0 Å². The van der Waals surface area contributed by atoms with Crippen LogP contribution in [0.15, 0.2) is 29.2 Å². The van der Waals surface area contributed by atoms with Crippen LogP contribution in [0, 0.1) is 0 Å². The van der Waals surface area contributed by atoms with Gasteiger partial charge in [-0.25, -0.2) is 4.79 Å². The third-order valence-corrected chi connectivity index (χ3v) is 7.09. The van der Waals surface area contributed by atoms with E-state index in [1.54, 1.807) is 12.1 Å². The molecule has 0 spiro atoms. The normalized spacial score (nSPS) is 17.5. The SMILES string of the molecule is CN(C(=O)CSc1ccccc1C(=O)OCC(=O)NC1CCCC1)C1CCCCC1. The van der Waals surface area contributed by atoms with Crippen molar-refractivity contribution in [1.29, 1.82) is 0 Å². The molecule has 1 aromatic carbocycles. The van der Waals surface area contributed by atoms with Crippen molar-refractivity contribution in [3.63, 3.8) is 0 Å². The standard InChI is InChI=1S/C23H32N2O4S/c1-25(18-11-3-2-4-12-18)22(27)16-30-20-14-8-7-13-19(20)23(28)29-15-21(26)24-17-9-5-6-10-17/h7-8,13-14,17-18H,2-6,9-12,15-16H2,1H3,(H,24,26). The van der Waals surface area contributed by atoms with Gasteiger partial charge in [0, 0.05) is 24.0 Å². The molecular formula is C23H32N2O4S. The maximum atomic E-state index is 12.6. The molecule has 2 fully saturated rings. The van der Waals surface area contributed by atoms with Crippen LogP contribution in [-0.4, -0.2) is 54.2 Å². The van der Waals surface area contributed by atoms with Crippen LogP contribution in [0.1, 0.15) is 68.1 Å². The Morgan fingerprint density at radius 1 is 1.03 bits per heavy atom. The second kappa shape index (κ2) is 11.4. The molecule has 0 aliphatic heterocycles. The van der Waals surface area contributed by atoms with E-state index in [4.69, 9.17) is 4.74 Å². The zero-order valence-corrected chi connectivity index (χ0v) is 18.5. The zero-order valence-electron chi connectivity index (χ0n) is 17.7. The molecule has 0 bridgehead atoms. The van der Waals surface area contributed by atoms with Gasteiger partial charge in [-0.3, -0.25) is 9.59 Å². The lowest BCUT2D eigenvalue weighted by Crippen LogP contribution is -2.39. The summed E-state index contributed by atoms with van der Waals surface area (Å²) in [6.45, 7) is -0.280. The maximum absolute atomic E-state index is 12.6. The first-order valence-electron chi connectivity index (χ1n) is 11.0. The van der Waals surface area contributed by atoms with Gasteiger partial charge in [-0.05, 0) is 37.8 Å². The number of nitrogens with zero attached hydrogens (tertiary/aromatic N) is 1. The summed E-state index contributed by atoms with van der Waals surface area (Å²) in [7, 11) is 1.88. The number of carbonyl (C=O) groups is 3. The highest BCUT2D eigenvalue weighted by molar-refractivity contribution is 8.00. The lowest BCUT2D eigenvalue weighted by atomic mass is 9.94. The van der Waals surface area contributed by atoms with Crippen LogP contribution in [0.4, 0.5) is 0 Å². The van der Waals surface area contributed by atoms with Crippen molar-refractivity contribution in [2.24, 2.45) is 0 Å². The van der Waals surface area contributed by atoms with Gasteiger partial charge in [0.25, 0.3) is 5.91 Å². The van der Waals surface area contributed by atoms with Gasteiger partial charge in [0.1, 0.15) is 0 Å². The zero-order chi connectivity index (χ0) is 21.3. The first-order valence-corrected chi connectivity index (χ1v) is 12.0. The summed E-state index contributed by atoms with van der Waals surface area (Å²) in [6.07, 6.45) is 9.98. The van der Waals surface area contributed by atoms with Crippen molar-refractivity contribution in [3.8, 4) is 0 Å². The van der Waals surface area contributed by atoms with Crippen LogP contribution in [0.3, 0.4) is 0 Å². The van der Waals surface area contributed by atoms with Gasteiger partial charge >= 0.3 is 5.97 Å². The van der Waals surface area contributed by atoms with Crippen molar-refractivity contribution in [2.45, 2.75) is 74.8 Å². The number of hydrogen-bond acceptors (Lipinski definition) is 5. The molecule has 1 N–H and O–H groups in total. The number of esters is 1. The van der Waals surface area contributed by atoms with E-state index in [2.05, 4.69) is 5.32 Å². The Morgan fingerprint density at radius 2 is 1.70 bits per heavy atom. The van der Waals surface area contributed by atoms with E-state index in [0.29, 0.717) is 16.5 Å². The van der Waals surface area contributed by atoms with E-state index in [0.717, 1.165) is 38.5 Å². The monoisotopic (exact) mass is 432 g/mol. The van der Waals surface area contributed by atoms with Gasteiger partial charge in [-0.15, -0.1) is 11.8 Å². The number of benzene rings is 1. The average molecular weight is 433 g/mol. The molecule has 0 heterocycles. The fraction of sp³-hybridized carbons (Fsp3) is 0.609. The van der Waals surface area contributed by atoms with Crippen LogP contribution < -0.4 is 5.32 Å². The van der Waals surface area contributed by atoms with Crippen LogP contribution in [-0.2, 0) is 14.3 Å². The molecule has 2 aliphatic carbocycles. The molecule has 0 aromatic heterocycles. The Hall–Kier alpha value is -2.02. The Kier molecular flexibility index (Phi) is 8.61. The highest BCUT2D eigenvalue weighted by Crippen LogP contribution is 2.26. The largest absolute Gasteiger partial charge is 0.452 e. The molecule has 0 unspecified atom stereocenters. The minimum absolute atomic E-state index is 0.0750. The average Bonchev–Trinajstić information content (AvgIpc) is 3.29. The highest BCUT2D eigenvalue weighted by atomic mass is 32.2. The predicted octanol–water partition coefficient (Wildman–Crippen LogP) is 3.79. The molecular weight excluding hydrogens is 400 g/mol. The second-order valence-electron chi connectivity index (χ2n) is 8.21. The van der Waals surface area contributed by atoms with Gasteiger partial charge < -0.3 is 15.0 Å². The minimum atomic E-state index is -0.534. The summed E-state index contributed by atoms with van der Waals surface area (Å²) in [5, 5.41) is 2.91. The lowest BCUT2D eigenvalue weighted by molar-refractivity contribution is -0.129. The van der Waals surface area contributed by atoms with Gasteiger partial charge in [-0.1, -0.05) is 44.2 Å². The van der Waals surface area contributed by atoms with Crippen molar-refractivity contribution in [2.75, 3.05) is 19.4 Å². The number of rotatable bonds is 8. The van der Waals surface area contributed by atoms with Crippen LogP contribution >= 0.6 is 11.8 Å². The Balaban J connectivity index is 1.49. The van der Waals surface area contributed by atoms with E-state index in [-0.39, 0.29) is 30.2 Å². The van der Waals surface area contributed by atoms with E-state index in [1.165, 1.54) is 31.0 Å². The number of nitrogens with one attached hydrogen (secondary N) is 1. The summed E-state index contributed by atoms with van der Waals surface area (Å²) < 4.78 is 5.23. The summed E-state index contributed by atoms with van der Waals surface area (Å²) >= 11 is 1.34. The van der Waals surface area contributed by atoms with Crippen LogP contribution in [0.25, 0.3) is 0 Å². The smallest absolute Gasteiger partial charge is 0.339 e. The first kappa shape index (κ1) is 22.7. The molecule has 1 aromatic rings. The Morgan fingerprint density at radius 3 is 2.43 bits per heavy atom.